The molecule has 2 aromatic rings. The molecule has 0 saturated carbocycles. The summed E-state index contributed by atoms with van der Waals surface area (Å²) >= 11 is 7.57. The summed E-state index contributed by atoms with van der Waals surface area (Å²) < 4.78 is 11.1. The third kappa shape index (κ3) is 5.64. The van der Waals surface area contributed by atoms with Crippen molar-refractivity contribution in [1.82, 2.24) is 10.3 Å². The molecule has 1 heterocycles. The molecule has 1 aromatic carbocycles. The van der Waals surface area contributed by atoms with Crippen molar-refractivity contribution in [2.45, 2.75) is 24.8 Å². The van der Waals surface area contributed by atoms with E-state index in [2.05, 4.69) is 20.3 Å². The number of nitrogens with one attached hydrogen (secondary N) is 1. The third-order valence-corrected chi connectivity index (χ3v) is 4.54. The van der Waals surface area contributed by atoms with E-state index in [1.807, 2.05) is 0 Å². The van der Waals surface area contributed by atoms with Gasteiger partial charge in [0.05, 0.1) is 35.6 Å². The number of aromatic nitrogens is 1. The molecule has 146 valence electrons. The van der Waals surface area contributed by atoms with E-state index in [-0.39, 0.29) is 5.91 Å². The fourth-order valence-electron chi connectivity index (χ4n) is 2.26. The number of thioether (sulfide) groups is 1. The second-order valence-electron chi connectivity index (χ2n) is 6.17. The summed E-state index contributed by atoms with van der Waals surface area (Å²) in [5.41, 5.74) is -0.831. The van der Waals surface area contributed by atoms with Gasteiger partial charge in [0.25, 0.3) is 5.91 Å². The van der Waals surface area contributed by atoms with Gasteiger partial charge in [0.1, 0.15) is 18.6 Å². The average molecular weight is 412 g/mol. The number of rotatable bonds is 8. The summed E-state index contributed by atoms with van der Waals surface area (Å²) in [6.07, 6.45) is 4.89. The Morgan fingerprint density at radius 1 is 1.33 bits per heavy atom. The van der Waals surface area contributed by atoms with Crippen LogP contribution in [0.1, 0.15) is 13.8 Å². The van der Waals surface area contributed by atoms with Crippen LogP contribution < -0.4 is 14.8 Å². The maximum atomic E-state index is 12.6. The van der Waals surface area contributed by atoms with Gasteiger partial charge < -0.3 is 19.6 Å². The monoisotopic (exact) mass is 411 g/mol. The van der Waals surface area contributed by atoms with Gasteiger partial charge in [-0.15, -0.1) is 11.8 Å². The van der Waals surface area contributed by atoms with Crippen LogP contribution in [0, 0.1) is 0 Å². The van der Waals surface area contributed by atoms with Crippen molar-refractivity contribution in [2.75, 3.05) is 20.5 Å². The highest BCUT2D eigenvalue weighted by Gasteiger charge is 2.26. The van der Waals surface area contributed by atoms with Crippen LogP contribution in [0.15, 0.2) is 29.6 Å². The number of benzene rings is 1. The Labute approximate surface area is 167 Å². The molecule has 1 atom stereocenters. The van der Waals surface area contributed by atoms with Crippen molar-refractivity contribution in [3.8, 4) is 11.5 Å². The van der Waals surface area contributed by atoms with Crippen molar-refractivity contribution < 1.29 is 19.1 Å². The van der Waals surface area contributed by atoms with Gasteiger partial charge in [-0.1, -0.05) is 16.8 Å². The molecule has 0 radical (unpaired) electrons. The molecule has 7 nitrogen and oxygen atoms in total. The lowest BCUT2D eigenvalue weighted by Crippen LogP contribution is -2.49. The number of oxime groups is 1. The Hall–Kier alpha value is -2.19. The number of methoxy groups -OCH3 is 1. The van der Waals surface area contributed by atoms with Crippen molar-refractivity contribution >= 4 is 46.4 Å². The largest absolute Gasteiger partial charge is 0.495 e. The van der Waals surface area contributed by atoms with E-state index < -0.39 is 11.0 Å². The second kappa shape index (κ2) is 9.14. The molecule has 1 aromatic heterocycles. The molecular weight excluding hydrogens is 390 g/mol. The minimum Gasteiger partial charge on any atom is -0.495 e. The molecule has 1 unspecified atom stereocenters. The number of pyridine rings is 1. The summed E-state index contributed by atoms with van der Waals surface area (Å²) in [6.45, 7) is 3.60. The van der Waals surface area contributed by atoms with Gasteiger partial charge >= 0.3 is 0 Å². The van der Waals surface area contributed by atoms with Crippen molar-refractivity contribution in [2.24, 2.45) is 5.16 Å². The highest BCUT2D eigenvalue weighted by molar-refractivity contribution is 7.99. The number of halogens is 1. The average Bonchev–Trinajstić information content (AvgIpc) is 2.63. The SMILES string of the molecule is CON=CC(C)(C)NC(=O)C(Oc1cc(Cl)c2ncc(OC)cc2c1)SC. The highest BCUT2D eigenvalue weighted by Crippen LogP contribution is 2.31. The molecular formula is C18H22ClN3O4S. The fraction of sp³-hybridized carbons (Fsp3) is 0.389. The topological polar surface area (TPSA) is 82.0 Å². The molecule has 0 fully saturated rings. The Balaban J connectivity index is 2.22. The number of nitrogens with zero attached hydrogens (tertiary/aromatic N) is 2. The van der Waals surface area contributed by atoms with E-state index in [4.69, 9.17) is 21.1 Å². The zero-order valence-corrected chi connectivity index (χ0v) is 17.4. The number of ether oxygens (including phenoxy) is 2. The lowest BCUT2D eigenvalue weighted by Gasteiger charge is -2.24. The van der Waals surface area contributed by atoms with Gasteiger partial charge in [-0.3, -0.25) is 9.78 Å². The maximum Gasteiger partial charge on any atom is 0.272 e. The van der Waals surface area contributed by atoms with Crippen LogP contribution in [-0.2, 0) is 9.63 Å². The summed E-state index contributed by atoms with van der Waals surface area (Å²) in [5.74, 6) is 0.768. The molecule has 2 rings (SSSR count). The van der Waals surface area contributed by atoms with E-state index in [0.717, 1.165) is 5.39 Å². The molecule has 0 saturated heterocycles. The van der Waals surface area contributed by atoms with E-state index in [9.17, 15) is 4.79 Å². The summed E-state index contributed by atoms with van der Waals surface area (Å²) in [7, 11) is 3.00. The van der Waals surface area contributed by atoms with Crippen molar-refractivity contribution in [3.05, 3.63) is 29.4 Å². The Bertz CT molecular complexity index is 845. The first-order valence-electron chi connectivity index (χ1n) is 8.02. The predicted octanol–water partition coefficient (Wildman–Crippen LogP) is 3.49. The molecule has 1 amide bonds. The highest BCUT2D eigenvalue weighted by atomic mass is 35.5. The van der Waals surface area contributed by atoms with E-state index in [1.54, 1.807) is 51.6 Å². The van der Waals surface area contributed by atoms with Crippen LogP contribution in [0.25, 0.3) is 10.9 Å². The quantitative estimate of drug-likeness (QED) is 0.406. The van der Waals surface area contributed by atoms with Crippen LogP contribution in [0.3, 0.4) is 0 Å². The van der Waals surface area contributed by atoms with E-state index in [0.29, 0.717) is 22.0 Å². The molecule has 9 heteroatoms. The standard InChI is InChI=1S/C18H22ClN3O4S/c1-18(2,10-21-25-4)22-16(23)17(27-5)26-12-6-11-7-13(24-3)9-20-15(11)14(19)8-12/h6-10,17H,1-5H3,(H,22,23). The maximum absolute atomic E-state index is 12.6. The first-order chi connectivity index (χ1) is 12.8. The summed E-state index contributed by atoms with van der Waals surface area (Å²) in [5, 5.41) is 7.74. The second-order valence-corrected chi connectivity index (χ2v) is 7.47. The van der Waals surface area contributed by atoms with E-state index in [1.165, 1.54) is 25.1 Å². The molecule has 1 N–H and O–H groups in total. The van der Waals surface area contributed by atoms with Gasteiger partial charge in [0.2, 0.25) is 5.44 Å². The lowest BCUT2D eigenvalue weighted by molar-refractivity contribution is -0.125. The van der Waals surface area contributed by atoms with Gasteiger partial charge in [-0.05, 0) is 32.2 Å². The van der Waals surface area contributed by atoms with Gasteiger partial charge in [0, 0.05) is 11.5 Å². The van der Waals surface area contributed by atoms with Crippen molar-refractivity contribution in [3.63, 3.8) is 0 Å². The predicted molar refractivity (Wildman–Crippen MR) is 109 cm³/mol. The molecule has 0 aliphatic carbocycles. The number of carbonyl (C=O) groups excluding carboxylic acids is 1. The first kappa shape index (κ1) is 21.1. The van der Waals surface area contributed by atoms with Crippen LogP contribution in [0.2, 0.25) is 5.02 Å². The zero-order valence-electron chi connectivity index (χ0n) is 15.8. The molecule has 27 heavy (non-hydrogen) atoms. The van der Waals surface area contributed by atoms with Gasteiger partial charge in [-0.25, -0.2) is 0 Å². The van der Waals surface area contributed by atoms with Crippen LogP contribution in [0.4, 0.5) is 0 Å². The summed E-state index contributed by atoms with van der Waals surface area (Å²) in [6, 6.07) is 5.21. The number of fused-ring (bicyclic) bond motifs is 1. The number of carbonyl (C=O) groups is 1. The first-order valence-corrected chi connectivity index (χ1v) is 9.68. The van der Waals surface area contributed by atoms with Crippen LogP contribution >= 0.6 is 23.4 Å². The minimum absolute atomic E-state index is 0.296. The Kier molecular flexibility index (Phi) is 7.15. The minimum atomic E-state index is -0.771. The Morgan fingerprint density at radius 2 is 2.04 bits per heavy atom. The molecule has 0 aliphatic heterocycles. The molecule has 0 spiro atoms. The normalized spacial score (nSPS) is 12.8. The van der Waals surface area contributed by atoms with Crippen LogP contribution in [-0.4, -0.2) is 48.6 Å². The van der Waals surface area contributed by atoms with Gasteiger partial charge in [-0.2, -0.15) is 0 Å². The van der Waals surface area contributed by atoms with Crippen molar-refractivity contribution in [1.29, 1.82) is 0 Å². The zero-order chi connectivity index (χ0) is 20.0. The fourth-order valence-corrected chi connectivity index (χ4v) is 3.01. The smallest absolute Gasteiger partial charge is 0.272 e. The lowest BCUT2D eigenvalue weighted by atomic mass is 10.1. The number of amides is 1. The van der Waals surface area contributed by atoms with Gasteiger partial charge in [0.15, 0.2) is 0 Å². The van der Waals surface area contributed by atoms with E-state index >= 15 is 0 Å². The molecule has 0 aliphatic rings. The summed E-state index contributed by atoms with van der Waals surface area (Å²) in [4.78, 5) is 21.5. The number of hydrogen-bond donors (Lipinski definition) is 1. The molecule has 0 bridgehead atoms. The van der Waals surface area contributed by atoms with Crippen LogP contribution in [0.5, 0.6) is 11.5 Å². The third-order valence-electron chi connectivity index (χ3n) is 3.52. The Morgan fingerprint density at radius 3 is 2.67 bits per heavy atom. The number of hydrogen-bond acceptors (Lipinski definition) is 7.